The summed E-state index contributed by atoms with van der Waals surface area (Å²) in [6.45, 7) is 4.33. The molecule has 10 heteroatoms. The lowest BCUT2D eigenvalue weighted by Crippen LogP contribution is -2.29. The Morgan fingerprint density at radius 3 is 1.25 bits per heavy atom. The third-order valence-electron chi connectivity index (χ3n) is 10.7. The first-order valence-corrected chi connectivity index (χ1v) is 26.1. The van der Waals surface area contributed by atoms with E-state index in [-0.39, 0.29) is 32.0 Å². The topological polar surface area (TPSA) is 112 Å². The Morgan fingerprint density at radius 1 is 0.508 bits per heavy atom. The first kappa shape index (κ1) is 57.5. The lowest BCUT2D eigenvalue weighted by molar-refractivity contribution is -0.161. The Morgan fingerprint density at radius 2 is 0.864 bits per heavy atom. The molecule has 0 aromatic carbocycles. The van der Waals surface area contributed by atoms with Crippen molar-refractivity contribution in [3.8, 4) is 0 Å². The van der Waals surface area contributed by atoms with Crippen molar-refractivity contribution in [1.29, 1.82) is 0 Å². The van der Waals surface area contributed by atoms with Crippen LogP contribution in [0.5, 0.6) is 0 Å². The van der Waals surface area contributed by atoms with Gasteiger partial charge in [0.1, 0.15) is 6.61 Å². The highest BCUT2D eigenvalue weighted by atomic mass is 31.2. The van der Waals surface area contributed by atoms with Crippen LogP contribution >= 0.6 is 7.82 Å². The van der Waals surface area contributed by atoms with Crippen LogP contribution < -0.4 is 0 Å². The van der Waals surface area contributed by atoms with Crippen LogP contribution in [0.4, 0.5) is 0 Å². The molecule has 0 amide bonds. The lowest BCUT2D eigenvalue weighted by atomic mass is 10.0. The van der Waals surface area contributed by atoms with Crippen LogP contribution in [-0.2, 0) is 32.7 Å². The summed E-state index contributed by atoms with van der Waals surface area (Å²) >= 11 is 0. The molecule has 0 bridgehead atoms. The van der Waals surface area contributed by atoms with Crippen molar-refractivity contribution in [2.24, 2.45) is 0 Å². The van der Waals surface area contributed by atoms with Gasteiger partial charge >= 0.3 is 19.8 Å². The molecule has 0 aromatic heterocycles. The summed E-state index contributed by atoms with van der Waals surface area (Å²) in [5.74, 6) is -0.804. The highest BCUT2D eigenvalue weighted by Gasteiger charge is 2.26. The average molecular weight is 856 g/mol. The fraction of sp³-hybridized carbons (Fsp3) is 0.878. The van der Waals surface area contributed by atoms with Gasteiger partial charge in [0.2, 0.25) is 0 Å². The van der Waals surface area contributed by atoms with E-state index in [0.717, 1.165) is 51.4 Å². The second-order valence-corrected chi connectivity index (χ2v) is 18.4. The van der Waals surface area contributed by atoms with Gasteiger partial charge in [-0.05, 0) is 78.3 Å². The molecule has 2 unspecified atom stereocenters. The molecule has 59 heavy (non-hydrogen) atoms. The molecule has 0 heterocycles. The molecule has 0 aliphatic carbocycles. The van der Waals surface area contributed by atoms with Crippen LogP contribution in [-0.4, -0.2) is 68.3 Å². The van der Waals surface area contributed by atoms with Crippen LogP contribution in [0.15, 0.2) is 24.3 Å². The van der Waals surface area contributed by atoms with Gasteiger partial charge in [0.15, 0.2) is 6.10 Å². The summed E-state index contributed by atoms with van der Waals surface area (Å²) < 4.78 is 33.6. The monoisotopic (exact) mass is 856 g/mol. The summed E-state index contributed by atoms with van der Waals surface area (Å²) in [7, 11) is -0.710. The minimum absolute atomic E-state index is 0.00759. The van der Waals surface area contributed by atoms with Gasteiger partial charge in [-0.15, -0.1) is 0 Å². The normalized spacial score (nSPS) is 13.5. The Labute approximate surface area is 364 Å². The van der Waals surface area contributed by atoms with Crippen LogP contribution in [0.3, 0.4) is 0 Å². The van der Waals surface area contributed by atoms with Gasteiger partial charge in [0.05, 0.1) is 13.2 Å². The Bertz CT molecular complexity index is 1040. The Kier molecular flexibility index (Phi) is 43.4. The first-order valence-electron chi connectivity index (χ1n) is 24.6. The van der Waals surface area contributed by atoms with Gasteiger partial charge in [0, 0.05) is 19.4 Å². The number of phosphoric ester groups is 1. The number of carbonyl (C=O) groups is 2. The van der Waals surface area contributed by atoms with E-state index in [0.29, 0.717) is 13.0 Å². The van der Waals surface area contributed by atoms with Gasteiger partial charge in [-0.2, -0.15) is 0 Å². The molecule has 9 nitrogen and oxygen atoms in total. The molecule has 0 rings (SSSR count). The van der Waals surface area contributed by atoms with Gasteiger partial charge in [-0.1, -0.05) is 179 Å². The number of hydrogen-bond acceptors (Lipinski definition) is 8. The maximum atomic E-state index is 12.7. The Balaban J connectivity index is 4.19. The summed E-state index contributed by atoms with van der Waals surface area (Å²) in [4.78, 5) is 37.1. The molecule has 0 radical (unpaired) electrons. The molecule has 1 N–H and O–H groups in total. The van der Waals surface area contributed by atoms with Gasteiger partial charge < -0.3 is 19.3 Å². The number of allylic oxidation sites excluding steroid dienone is 4. The van der Waals surface area contributed by atoms with E-state index in [2.05, 4.69) is 38.2 Å². The molecule has 2 atom stereocenters. The van der Waals surface area contributed by atoms with Crippen molar-refractivity contribution in [2.45, 2.75) is 238 Å². The molecule has 348 valence electrons. The highest BCUT2D eigenvalue weighted by molar-refractivity contribution is 7.47. The lowest BCUT2D eigenvalue weighted by Gasteiger charge is -2.20. The second kappa shape index (κ2) is 44.5. The fourth-order valence-electron chi connectivity index (χ4n) is 6.91. The number of likely N-dealkylation sites (N-methyl/N-ethyl adjacent to an activating group) is 1. The van der Waals surface area contributed by atoms with Crippen LogP contribution in [0.25, 0.3) is 0 Å². The Hall–Kier alpha value is -1.51. The minimum atomic E-state index is -4.36. The molecular weight excluding hydrogens is 762 g/mol. The number of nitrogens with zero attached hydrogens (tertiary/aromatic N) is 1. The van der Waals surface area contributed by atoms with Crippen molar-refractivity contribution in [2.75, 3.05) is 40.5 Å². The average Bonchev–Trinajstić information content (AvgIpc) is 3.20. The van der Waals surface area contributed by atoms with E-state index in [9.17, 15) is 19.0 Å². The van der Waals surface area contributed by atoms with Crippen molar-refractivity contribution in [3.63, 3.8) is 0 Å². The molecule has 0 aromatic rings. The number of hydrogen-bond donors (Lipinski definition) is 1. The first-order chi connectivity index (χ1) is 28.7. The van der Waals surface area contributed by atoms with Crippen LogP contribution in [0, 0.1) is 0 Å². The van der Waals surface area contributed by atoms with Crippen molar-refractivity contribution in [3.05, 3.63) is 24.3 Å². The number of esters is 2. The molecular formula is C49H94NO8P. The fourth-order valence-corrected chi connectivity index (χ4v) is 7.65. The van der Waals surface area contributed by atoms with Crippen LogP contribution in [0.2, 0.25) is 0 Å². The summed E-state index contributed by atoms with van der Waals surface area (Å²) in [5, 5.41) is 0. The van der Waals surface area contributed by atoms with E-state index < -0.39 is 26.5 Å². The predicted molar refractivity (Wildman–Crippen MR) is 248 cm³/mol. The number of ether oxygens (including phenoxy) is 2. The number of phosphoric acid groups is 1. The van der Waals surface area contributed by atoms with Crippen LogP contribution in [0.1, 0.15) is 232 Å². The summed E-state index contributed by atoms with van der Waals surface area (Å²) in [6.07, 6.45) is 47.9. The SMILES string of the molecule is CCCCCCCC/C=C\CCCCCCCCCCCCCC(=O)OC(COC(=O)CCCCCCC/C=C\CCCCCCCC)COP(=O)(O)OCCN(C)C. The molecule has 0 aliphatic heterocycles. The van der Waals surface area contributed by atoms with E-state index in [1.54, 1.807) is 0 Å². The van der Waals surface area contributed by atoms with Gasteiger partial charge in [-0.3, -0.25) is 18.6 Å². The summed E-state index contributed by atoms with van der Waals surface area (Å²) in [5.41, 5.74) is 0. The third kappa shape index (κ3) is 45.8. The maximum Gasteiger partial charge on any atom is 0.472 e. The van der Waals surface area contributed by atoms with Crippen molar-refractivity contribution in [1.82, 2.24) is 4.90 Å². The van der Waals surface area contributed by atoms with Gasteiger partial charge in [0.25, 0.3) is 0 Å². The second-order valence-electron chi connectivity index (χ2n) is 17.0. The maximum absolute atomic E-state index is 12.7. The largest absolute Gasteiger partial charge is 0.472 e. The third-order valence-corrected chi connectivity index (χ3v) is 11.7. The zero-order chi connectivity index (χ0) is 43.3. The minimum Gasteiger partial charge on any atom is -0.462 e. The predicted octanol–water partition coefficient (Wildman–Crippen LogP) is 14.6. The zero-order valence-electron chi connectivity index (χ0n) is 39.0. The molecule has 0 saturated heterocycles. The summed E-state index contributed by atoms with van der Waals surface area (Å²) in [6, 6.07) is 0. The van der Waals surface area contributed by atoms with Gasteiger partial charge in [-0.25, -0.2) is 4.57 Å². The van der Waals surface area contributed by atoms with E-state index in [4.69, 9.17) is 18.5 Å². The van der Waals surface area contributed by atoms with E-state index in [1.807, 2.05) is 19.0 Å². The van der Waals surface area contributed by atoms with Crippen molar-refractivity contribution < 1.29 is 37.6 Å². The van der Waals surface area contributed by atoms with Crippen molar-refractivity contribution >= 4 is 19.8 Å². The number of unbranched alkanes of at least 4 members (excludes halogenated alkanes) is 28. The van der Waals surface area contributed by atoms with E-state index >= 15 is 0 Å². The number of carbonyl (C=O) groups excluding carboxylic acids is 2. The molecule has 0 spiro atoms. The molecule has 0 fully saturated rings. The number of rotatable bonds is 46. The van der Waals surface area contributed by atoms with E-state index in [1.165, 1.54) is 148 Å². The standard InChI is InChI=1S/C49H94NO8P/c1-5-7-9-11-13-15-17-19-21-22-23-24-25-26-28-30-32-34-36-38-40-42-49(52)58-47(46-57-59(53,54)56-44-43-50(3)4)45-55-48(51)41-39-37-35-33-31-29-27-20-18-16-14-12-10-8-6-2/h19-21,27,47H,5-18,22-26,28-46H2,1-4H3,(H,53,54)/b21-19-,27-20-. The highest BCUT2D eigenvalue weighted by Crippen LogP contribution is 2.43. The molecule has 0 aliphatic rings. The quantitative estimate of drug-likeness (QED) is 0.0277. The zero-order valence-corrected chi connectivity index (χ0v) is 39.9. The smallest absolute Gasteiger partial charge is 0.462 e. The molecule has 0 saturated carbocycles.